The van der Waals surface area contributed by atoms with E-state index in [2.05, 4.69) is 15.2 Å². The molecule has 0 aromatic carbocycles. The minimum atomic E-state index is 0.264. The quantitative estimate of drug-likeness (QED) is 0.922. The molecule has 2 aromatic heterocycles. The van der Waals surface area contributed by atoms with Crippen LogP contribution in [0.2, 0.25) is 0 Å². The van der Waals surface area contributed by atoms with E-state index in [1.54, 1.807) is 12.4 Å². The number of carbonyl (C=O) groups is 1. The minimum Gasteiger partial charge on any atom is -0.342 e. The number of aryl methyl sites for hydroxylation is 1. The second-order valence-electron chi connectivity index (χ2n) is 5.87. The van der Waals surface area contributed by atoms with Crippen LogP contribution in [0, 0.1) is 0 Å². The summed E-state index contributed by atoms with van der Waals surface area (Å²) in [6.45, 7) is 1.69. The van der Waals surface area contributed by atoms with Crippen molar-refractivity contribution >= 4 is 5.91 Å². The molecule has 5 heteroatoms. The molecule has 0 saturated carbocycles. The lowest BCUT2D eigenvalue weighted by atomic mass is 9.94. The van der Waals surface area contributed by atoms with Crippen molar-refractivity contribution in [2.24, 2.45) is 0 Å². The molecule has 0 spiro atoms. The summed E-state index contributed by atoms with van der Waals surface area (Å²) >= 11 is 0. The van der Waals surface area contributed by atoms with Gasteiger partial charge in [0.1, 0.15) is 0 Å². The van der Waals surface area contributed by atoms with E-state index in [0.29, 0.717) is 12.3 Å². The van der Waals surface area contributed by atoms with Crippen molar-refractivity contribution < 1.29 is 4.79 Å². The van der Waals surface area contributed by atoms with Gasteiger partial charge in [-0.25, -0.2) is 0 Å². The first-order chi connectivity index (χ1) is 10.8. The van der Waals surface area contributed by atoms with Gasteiger partial charge in [0.15, 0.2) is 0 Å². The van der Waals surface area contributed by atoms with Gasteiger partial charge in [-0.3, -0.25) is 14.9 Å². The van der Waals surface area contributed by atoms with Gasteiger partial charge in [0, 0.05) is 49.2 Å². The normalized spacial score (nSPS) is 18.4. The lowest BCUT2D eigenvalue weighted by Gasteiger charge is -2.32. The van der Waals surface area contributed by atoms with Crippen LogP contribution in [-0.4, -0.2) is 39.1 Å². The van der Waals surface area contributed by atoms with Crippen LogP contribution in [-0.2, 0) is 11.2 Å². The van der Waals surface area contributed by atoms with Crippen LogP contribution < -0.4 is 0 Å². The number of nitrogens with zero attached hydrogens (tertiary/aromatic N) is 3. The molecule has 1 saturated heterocycles. The van der Waals surface area contributed by atoms with Gasteiger partial charge in [-0.1, -0.05) is 6.07 Å². The number of aromatic nitrogens is 3. The summed E-state index contributed by atoms with van der Waals surface area (Å²) in [7, 11) is 0. The molecule has 1 aliphatic heterocycles. The average Bonchev–Trinajstić information content (AvgIpc) is 3.10. The van der Waals surface area contributed by atoms with Crippen molar-refractivity contribution in [1.82, 2.24) is 20.1 Å². The van der Waals surface area contributed by atoms with Crippen LogP contribution in [0.3, 0.4) is 0 Å². The molecule has 116 valence electrons. The van der Waals surface area contributed by atoms with Crippen LogP contribution in [0.5, 0.6) is 0 Å². The van der Waals surface area contributed by atoms with Crippen LogP contribution in [0.25, 0.3) is 0 Å². The number of carbonyl (C=O) groups excluding carboxylic acids is 1. The number of H-pyrrole nitrogens is 1. The molecule has 3 heterocycles. The summed E-state index contributed by atoms with van der Waals surface area (Å²) in [5, 5.41) is 7.05. The summed E-state index contributed by atoms with van der Waals surface area (Å²) in [6, 6.07) is 7.93. The zero-order chi connectivity index (χ0) is 15.2. The molecule has 1 amide bonds. The second kappa shape index (κ2) is 7.20. The van der Waals surface area contributed by atoms with E-state index in [4.69, 9.17) is 0 Å². The van der Waals surface area contributed by atoms with Crippen molar-refractivity contribution in [3.63, 3.8) is 0 Å². The van der Waals surface area contributed by atoms with E-state index in [1.807, 2.05) is 29.2 Å². The van der Waals surface area contributed by atoms with E-state index < -0.39 is 0 Å². The molecule has 1 N–H and O–H groups in total. The Morgan fingerprint density at radius 3 is 3.05 bits per heavy atom. The molecule has 1 fully saturated rings. The van der Waals surface area contributed by atoms with Gasteiger partial charge in [-0.15, -0.1) is 0 Å². The number of aromatic amines is 1. The molecule has 1 aliphatic rings. The fourth-order valence-electron chi connectivity index (χ4n) is 3.08. The number of amides is 1. The Hall–Kier alpha value is -2.17. The Morgan fingerprint density at radius 1 is 1.32 bits per heavy atom. The maximum Gasteiger partial charge on any atom is 0.222 e. The van der Waals surface area contributed by atoms with Crippen molar-refractivity contribution in [2.75, 3.05) is 13.1 Å². The Bertz CT molecular complexity index is 582. The first-order valence-corrected chi connectivity index (χ1v) is 8.00. The van der Waals surface area contributed by atoms with Crippen LogP contribution >= 0.6 is 0 Å². The maximum absolute atomic E-state index is 12.4. The number of likely N-dealkylation sites (tertiary alicyclic amines) is 1. The fourth-order valence-corrected chi connectivity index (χ4v) is 3.08. The number of rotatable bonds is 5. The Labute approximate surface area is 130 Å². The predicted molar refractivity (Wildman–Crippen MR) is 84.3 cm³/mol. The highest BCUT2D eigenvalue weighted by atomic mass is 16.2. The number of nitrogens with one attached hydrogen (secondary N) is 1. The predicted octanol–water partition coefficient (Wildman–Crippen LogP) is 2.53. The SMILES string of the molecule is O=C(CCCc1ccccn1)N1CCCC(c2ccn[nH]2)C1. The molecular weight excluding hydrogens is 276 g/mol. The number of piperidine rings is 1. The summed E-state index contributed by atoms with van der Waals surface area (Å²) in [4.78, 5) is 18.7. The second-order valence-corrected chi connectivity index (χ2v) is 5.87. The monoisotopic (exact) mass is 298 g/mol. The minimum absolute atomic E-state index is 0.264. The third-order valence-corrected chi connectivity index (χ3v) is 4.29. The van der Waals surface area contributed by atoms with Crippen molar-refractivity contribution in [1.29, 1.82) is 0 Å². The summed E-state index contributed by atoms with van der Waals surface area (Å²) in [6.07, 6.45) is 8.10. The highest BCUT2D eigenvalue weighted by Crippen LogP contribution is 2.25. The van der Waals surface area contributed by atoms with Gasteiger partial charge >= 0.3 is 0 Å². The van der Waals surface area contributed by atoms with E-state index in [9.17, 15) is 4.79 Å². The zero-order valence-corrected chi connectivity index (χ0v) is 12.7. The highest BCUT2D eigenvalue weighted by molar-refractivity contribution is 5.76. The van der Waals surface area contributed by atoms with Gasteiger partial charge < -0.3 is 4.90 Å². The lowest BCUT2D eigenvalue weighted by molar-refractivity contribution is -0.132. The van der Waals surface area contributed by atoms with E-state index in [-0.39, 0.29) is 5.91 Å². The largest absolute Gasteiger partial charge is 0.342 e. The van der Waals surface area contributed by atoms with Crippen molar-refractivity contribution in [3.8, 4) is 0 Å². The van der Waals surface area contributed by atoms with Crippen LogP contribution in [0.15, 0.2) is 36.7 Å². The van der Waals surface area contributed by atoms with Gasteiger partial charge in [-0.05, 0) is 43.9 Å². The lowest BCUT2D eigenvalue weighted by Crippen LogP contribution is -2.39. The Balaban J connectivity index is 1.47. The standard InChI is InChI=1S/C17H22N4O/c22-17(8-3-7-15-6-1-2-10-18-15)21-12-4-5-14(13-21)16-9-11-19-20-16/h1-2,6,9-11,14H,3-5,7-8,12-13H2,(H,19,20). The topological polar surface area (TPSA) is 61.9 Å². The number of hydrogen-bond donors (Lipinski definition) is 1. The van der Waals surface area contributed by atoms with Crippen molar-refractivity contribution in [2.45, 2.75) is 38.0 Å². The molecule has 3 rings (SSSR count). The van der Waals surface area contributed by atoms with Crippen LogP contribution in [0.4, 0.5) is 0 Å². The first-order valence-electron chi connectivity index (χ1n) is 8.00. The average molecular weight is 298 g/mol. The Morgan fingerprint density at radius 2 is 2.27 bits per heavy atom. The summed E-state index contributed by atoms with van der Waals surface area (Å²) in [5.74, 6) is 0.663. The molecule has 5 nitrogen and oxygen atoms in total. The van der Waals surface area contributed by atoms with Crippen LogP contribution in [0.1, 0.15) is 43.0 Å². The van der Waals surface area contributed by atoms with Crippen molar-refractivity contribution in [3.05, 3.63) is 48.0 Å². The molecule has 22 heavy (non-hydrogen) atoms. The van der Waals surface area contributed by atoms with E-state index >= 15 is 0 Å². The molecule has 2 aromatic rings. The van der Waals surface area contributed by atoms with Gasteiger partial charge in [-0.2, -0.15) is 5.10 Å². The highest BCUT2D eigenvalue weighted by Gasteiger charge is 2.25. The zero-order valence-electron chi connectivity index (χ0n) is 12.7. The smallest absolute Gasteiger partial charge is 0.222 e. The van der Waals surface area contributed by atoms with Gasteiger partial charge in [0.05, 0.1) is 0 Å². The van der Waals surface area contributed by atoms with E-state index in [1.165, 1.54) is 0 Å². The van der Waals surface area contributed by atoms with E-state index in [0.717, 1.165) is 50.2 Å². The summed E-state index contributed by atoms with van der Waals surface area (Å²) < 4.78 is 0. The maximum atomic E-state index is 12.4. The molecule has 0 radical (unpaired) electrons. The Kier molecular flexibility index (Phi) is 4.83. The summed E-state index contributed by atoms with van der Waals surface area (Å²) in [5.41, 5.74) is 2.20. The van der Waals surface area contributed by atoms with Gasteiger partial charge in [0.2, 0.25) is 5.91 Å². The third kappa shape index (κ3) is 3.72. The molecule has 1 unspecified atom stereocenters. The molecule has 1 atom stereocenters. The number of pyridine rings is 1. The molecule has 0 bridgehead atoms. The number of hydrogen-bond acceptors (Lipinski definition) is 3. The molecular formula is C17H22N4O. The third-order valence-electron chi connectivity index (χ3n) is 4.29. The first kappa shape index (κ1) is 14.8. The molecule has 0 aliphatic carbocycles. The van der Waals surface area contributed by atoms with Gasteiger partial charge in [0.25, 0.3) is 0 Å². The fraction of sp³-hybridized carbons (Fsp3) is 0.471.